The van der Waals surface area contributed by atoms with Crippen molar-refractivity contribution in [1.82, 2.24) is 26.2 Å². The number of benzene rings is 3. The number of anilines is 3. The van der Waals surface area contributed by atoms with Gasteiger partial charge in [-0.25, -0.2) is 0 Å². The molecule has 0 saturated heterocycles. The molecule has 0 spiro atoms. The van der Waals surface area contributed by atoms with Gasteiger partial charge in [0.2, 0.25) is 0 Å². The second kappa shape index (κ2) is 47.9. The lowest BCUT2D eigenvalue weighted by atomic mass is 10.2. The van der Waals surface area contributed by atoms with Crippen molar-refractivity contribution in [3.63, 3.8) is 0 Å². The van der Waals surface area contributed by atoms with Crippen molar-refractivity contribution >= 4 is 52.3 Å². The molecule has 3 aromatic carbocycles. The van der Waals surface area contributed by atoms with Gasteiger partial charge in [-0.2, -0.15) is 0 Å². The van der Waals surface area contributed by atoms with E-state index in [-0.39, 0.29) is 0 Å². The highest BCUT2D eigenvalue weighted by Gasteiger charge is 1.98. The molecular weight excluding hydrogens is 871 g/mol. The van der Waals surface area contributed by atoms with Crippen molar-refractivity contribution in [2.75, 3.05) is 134 Å². The Morgan fingerprint density at radius 2 is 0.636 bits per heavy atom. The van der Waals surface area contributed by atoms with E-state index in [1.165, 1.54) is 167 Å². The van der Waals surface area contributed by atoms with E-state index in [1.54, 1.807) is 35.3 Å². The molecule has 0 unspecified atom stereocenters. The van der Waals surface area contributed by atoms with Gasteiger partial charge in [0.15, 0.2) is 0 Å². The average Bonchev–Trinajstić information content (AvgIpc) is 3.34. The number of unbranched alkanes of at least 4 members (excludes halogenated alkanes) is 12. The van der Waals surface area contributed by atoms with Crippen LogP contribution in [-0.4, -0.2) is 123 Å². The summed E-state index contributed by atoms with van der Waals surface area (Å²) in [6, 6.07) is 26.1. The van der Waals surface area contributed by atoms with Gasteiger partial charge < -0.3 is 47.9 Å². The fourth-order valence-corrected chi connectivity index (χ4v) is 8.23. The zero-order valence-corrected chi connectivity index (χ0v) is 45.3. The van der Waals surface area contributed by atoms with E-state index in [0.29, 0.717) is 0 Å². The number of thioether (sulfide) groups is 3. The molecule has 0 aliphatic carbocycles. The predicted molar refractivity (Wildman–Crippen MR) is 303 cm³/mol. The minimum atomic E-state index is 0.814. The van der Waals surface area contributed by atoms with Crippen molar-refractivity contribution in [1.29, 1.82) is 0 Å². The minimum Gasteiger partial charge on any atom is -0.385 e. The molecular formula is C54H99N9S3. The van der Waals surface area contributed by atoms with Crippen molar-refractivity contribution < 1.29 is 0 Å². The van der Waals surface area contributed by atoms with Crippen LogP contribution in [0.15, 0.2) is 87.5 Å². The smallest absolute Gasteiger partial charge is 0.0340 e. The minimum absolute atomic E-state index is 0.814. The van der Waals surface area contributed by atoms with Crippen LogP contribution in [0.5, 0.6) is 0 Å². The van der Waals surface area contributed by atoms with Crippen molar-refractivity contribution in [2.24, 2.45) is 5.73 Å². The normalized spacial score (nSPS) is 10.9. The molecule has 0 heterocycles. The van der Waals surface area contributed by atoms with Crippen LogP contribution >= 0.6 is 35.3 Å². The van der Waals surface area contributed by atoms with Crippen molar-refractivity contribution in [3.05, 3.63) is 72.8 Å². The summed E-state index contributed by atoms with van der Waals surface area (Å²) in [6.07, 6.45) is 29.4. The van der Waals surface area contributed by atoms with Crippen LogP contribution in [0.25, 0.3) is 0 Å². The molecule has 9 N–H and O–H groups in total. The van der Waals surface area contributed by atoms with Gasteiger partial charge in [0, 0.05) is 51.4 Å². The number of nitrogens with one attached hydrogen (secondary N) is 7. The Morgan fingerprint density at radius 1 is 0.364 bits per heavy atom. The Hall–Kier alpha value is -2.13. The fourth-order valence-electron chi connectivity index (χ4n) is 7.01. The third kappa shape index (κ3) is 39.8. The molecule has 0 atom stereocenters. The van der Waals surface area contributed by atoms with E-state index in [2.05, 4.69) is 148 Å². The maximum Gasteiger partial charge on any atom is 0.0340 e. The first-order valence-electron chi connectivity index (χ1n) is 25.7. The highest BCUT2D eigenvalue weighted by Crippen LogP contribution is 2.19. The van der Waals surface area contributed by atoms with E-state index in [1.807, 2.05) is 7.05 Å². The third-order valence-electron chi connectivity index (χ3n) is 11.1. The number of nitrogens with two attached hydrogens (primary N) is 1. The Morgan fingerprint density at radius 3 is 0.924 bits per heavy atom. The number of hydrogen-bond donors (Lipinski definition) is 8. The maximum atomic E-state index is 5.46. The molecule has 0 aliphatic heterocycles. The van der Waals surface area contributed by atoms with Gasteiger partial charge in [-0.15, -0.1) is 35.3 Å². The highest BCUT2D eigenvalue weighted by molar-refractivity contribution is 7.99. The second-order valence-electron chi connectivity index (χ2n) is 17.3. The number of nitrogens with zero attached hydrogens (tertiary/aromatic N) is 1. The molecule has 9 nitrogen and oxygen atoms in total. The summed E-state index contributed by atoms with van der Waals surface area (Å²) >= 11 is 5.36. The quantitative estimate of drug-likeness (QED) is 0.0205. The topological polar surface area (TPSA) is 113 Å². The lowest BCUT2D eigenvalue weighted by Gasteiger charge is -2.09. The Labute approximate surface area is 419 Å². The molecule has 3 aromatic rings. The Balaban J connectivity index is 0.000000496. The first kappa shape index (κ1) is 61.9. The molecule has 0 aromatic heterocycles. The zero-order valence-electron chi connectivity index (χ0n) is 42.9. The van der Waals surface area contributed by atoms with Crippen LogP contribution in [0.2, 0.25) is 0 Å². The van der Waals surface area contributed by atoms with E-state index in [0.717, 1.165) is 58.8 Å². The third-order valence-corrected chi connectivity index (χ3v) is 13.4. The Bertz CT molecular complexity index is 1420. The van der Waals surface area contributed by atoms with Crippen LogP contribution in [0.4, 0.5) is 17.1 Å². The molecule has 12 heteroatoms. The summed E-state index contributed by atoms with van der Waals surface area (Å²) < 4.78 is 0. The van der Waals surface area contributed by atoms with Gasteiger partial charge in [-0.1, -0.05) is 38.5 Å². The molecule has 0 aliphatic rings. The van der Waals surface area contributed by atoms with Crippen LogP contribution in [-0.2, 0) is 0 Å². The van der Waals surface area contributed by atoms with Crippen LogP contribution in [0.3, 0.4) is 0 Å². The molecule has 0 radical (unpaired) electrons. The number of rotatable bonds is 41. The summed E-state index contributed by atoms with van der Waals surface area (Å²) in [4.78, 5) is 6.22. The molecule has 66 heavy (non-hydrogen) atoms. The average molecular weight is 971 g/mol. The summed E-state index contributed by atoms with van der Waals surface area (Å²) in [5.74, 6) is 0. The zero-order chi connectivity index (χ0) is 47.8. The standard InChI is InChI=1S/C19H35N3S.C18H33N3S.C17H31N3S/c1-22(2)17-9-8-15-20-14-6-4-5-7-16-21-18-10-12-19(23-3)13-11-18;1-19-13-7-8-15-20-14-5-3-4-6-16-21-17-9-11-18(22-2)12-10-17;1-21-17-10-8-16(9-11-17)20-15-6-3-2-5-13-19-14-7-4-12-18/h10-13,20-21H,4-9,14-17H2,1-3H3;9-12,19-21H,3-8,13-16H2,1-2H3;8-11,19-20H,2-7,12-15,18H2,1H3. The molecule has 0 bridgehead atoms. The van der Waals surface area contributed by atoms with Gasteiger partial charge in [-0.3, -0.25) is 0 Å². The first-order valence-corrected chi connectivity index (χ1v) is 29.4. The largest absolute Gasteiger partial charge is 0.385 e. The fraction of sp³-hybridized carbons (Fsp3) is 0.667. The molecule has 0 amide bonds. The second-order valence-corrected chi connectivity index (χ2v) is 19.9. The van der Waals surface area contributed by atoms with E-state index in [9.17, 15) is 0 Å². The van der Waals surface area contributed by atoms with Gasteiger partial charge in [0.05, 0.1) is 0 Å². The maximum absolute atomic E-state index is 5.46. The van der Waals surface area contributed by atoms with Gasteiger partial charge in [0.1, 0.15) is 0 Å². The van der Waals surface area contributed by atoms with E-state index in [4.69, 9.17) is 5.73 Å². The van der Waals surface area contributed by atoms with E-state index < -0.39 is 0 Å². The van der Waals surface area contributed by atoms with Crippen LogP contribution < -0.4 is 43.0 Å². The van der Waals surface area contributed by atoms with Crippen molar-refractivity contribution in [3.8, 4) is 0 Å². The lowest BCUT2D eigenvalue weighted by molar-refractivity contribution is 0.391. The van der Waals surface area contributed by atoms with E-state index >= 15 is 0 Å². The first-order chi connectivity index (χ1) is 32.4. The summed E-state index contributed by atoms with van der Waals surface area (Å²) in [5, 5.41) is 24.2. The molecule has 3 rings (SSSR count). The van der Waals surface area contributed by atoms with Crippen LogP contribution in [0.1, 0.15) is 116 Å². The summed E-state index contributed by atoms with van der Waals surface area (Å²) in [6.45, 7) is 13.3. The Kier molecular flexibility index (Phi) is 44.9. The lowest BCUT2D eigenvalue weighted by Crippen LogP contribution is -2.19. The SMILES string of the molecule is CNCCCCNCCCCCCNc1ccc(SC)cc1.CSc1ccc(NCCCCCCNCCCCN(C)C)cc1.CSc1ccc(NCCCCCCNCCCCN)cc1. The van der Waals surface area contributed by atoms with Crippen LogP contribution in [0, 0.1) is 0 Å². The van der Waals surface area contributed by atoms with Gasteiger partial charge >= 0.3 is 0 Å². The summed E-state index contributed by atoms with van der Waals surface area (Å²) in [5.41, 5.74) is 9.17. The van der Waals surface area contributed by atoms with Gasteiger partial charge in [-0.05, 0) is 249 Å². The highest BCUT2D eigenvalue weighted by atomic mass is 32.2. The molecule has 378 valence electrons. The monoisotopic (exact) mass is 970 g/mol. The number of hydrogen-bond acceptors (Lipinski definition) is 12. The van der Waals surface area contributed by atoms with Crippen molar-refractivity contribution in [2.45, 2.75) is 130 Å². The predicted octanol–water partition coefficient (Wildman–Crippen LogP) is 12.0. The van der Waals surface area contributed by atoms with Gasteiger partial charge in [0.25, 0.3) is 0 Å². The molecule has 0 saturated carbocycles. The summed E-state index contributed by atoms with van der Waals surface area (Å²) in [7, 11) is 6.30. The molecule has 0 fully saturated rings.